The van der Waals surface area contributed by atoms with Crippen molar-refractivity contribution in [1.82, 2.24) is 15.1 Å². The highest BCUT2D eigenvalue weighted by Crippen LogP contribution is 2.32. The number of aromatic nitrogens is 2. The van der Waals surface area contributed by atoms with Gasteiger partial charge in [0.15, 0.2) is 5.69 Å². The molecule has 1 N–H and O–H groups in total. The molecule has 0 bridgehead atoms. The number of rotatable bonds is 3. The van der Waals surface area contributed by atoms with Crippen LogP contribution in [0.1, 0.15) is 54.0 Å². The Morgan fingerprint density at radius 1 is 1.33 bits per heavy atom. The van der Waals surface area contributed by atoms with E-state index in [-0.39, 0.29) is 11.8 Å². The van der Waals surface area contributed by atoms with Crippen LogP contribution in [-0.4, -0.2) is 27.9 Å². The fourth-order valence-electron chi connectivity index (χ4n) is 2.75. The molecule has 6 nitrogen and oxygen atoms in total. The minimum atomic E-state index is -0.154. The number of carbonyl (C=O) groups is 1. The Balaban J connectivity index is 2.15. The van der Waals surface area contributed by atoms with Gasteiger partial charge in [-0.1, -0.05) is 26.0 Å². The zero-order chi connectivity index (χ0) is 17.3. The van der Waals surface area contributed by atoms with Gasteiger partial charge in [-0.25, -0.2) is 4.99 Å². The summed E-state index contributed by atoms with van der Waals surface area (Å²) in [6, 6.07) is 9.32. The Morgan fingerprint density at radius 3 is 2.62 bits per heavy atom. The molecule has 0 saturated carbocycles. The molecule has 0 spiro atoms. The molecule has 3 rings (SSSR count). The number of nitriles is 1. The van der Waals surface area contributed by atoms with Gasteiger partial charge in [-0.3, -0.25) is 9.48 Å². The van der Waals surface area contributed by atoms with E-state index >= 15 is 0 Å². The van der Waals surface area contributed by atoms with Crippen LogP contribution in [0.2, 0.25) is 0 Å². The van der Waals surface area contributed by atoms with Crippen molar-refractivity contribution in [3.05, 3.63) is 46.8 Å². The predicted octanol–water partition coefficient (Wildman–Crippen LogP) is 2.76. The molecule has 1 amide bonds. The average Bonchev–Trinajstić information content (AvgIpc) is 2.88. The quantitative estimate of drug-likeness (QED) is 0.943. The molecular weight excluding hydrogens is 302 g/mol. The third-order valence-corrected chi connectivity index (χ3v) is 4.03. The van der Waals surface area contributed by atoms with E-state index in [4.69, 9.17) is 10.3 Å². The number of benzene rings is 1. The summed E-state index contributed by atoms with van der Waals surface area (Å²) in [6.45, 7) is 7.01. The number of hydrogen-bond donors (Lipinski definition) is 1. The molecule has 122 valence electrons. The van der Waals surface area contributed by atoms with E-state index in [1.807, 2.05) is 32.9 Å². The van der Waals surface area contributed by atoms with E-state index in [0.717, 1.165) is 17.0 Å². The van der Waals surface area contributed by atoms with Crippen LogP contribution in [0.4, 0.5) is 5.69 Å². The molecule has 0 aliphatic carbocycles. The van der Waals surface area contributed by atoms with Gasteiger partial charge in [0.25, 0.3) is 5.91 Å². The molecule has 1 aliphatic rings. The van der Waals surface area contributed by atoms with Gasteiger partial charge in [0.05, 0.1) is 29.6 Å². The number of nitrogens with zero attached hydrogens (tertiary/aromatic N) is 4. The summed E-state index contributed by atoms with van der Waals surface area (Å²) in [4.78, 5) is 17.3. The summed E-state index contributed by atoms with van der Waals surface area (Å²) in [5.74, 6) is 0.0158. The third kappa shape index (κ3) is 2.69. The van der Waals surface area contributed by atoms with Crippen LogP contribution >= 0.6 is 0 Å². The van der Waals surface area contributed by atoms with Crippen LogP contribution in [0, 0.1) is 11.3 Å². The SMILES string of the molecule is CCn1nc(C(C)C)c2c1C(=O)NCC(c1ccc(C#N)cc1)=N2. The monoisotopic (exact) mass is 321 g/mol. The molecule has 1 aromatic carbocycles. The summed E-state index contributed by atoms with van der Waals surface area (Å²) in [7, 11) is 0. The number of carbonyl (C=O) groups excluding carboxylic acids is 1. The summed E-state index contributed by atoms with van der Waals surface area (Å²) in [5, 5.41) is 16.4. The summed E-state index contributed by atoms with van der Waals surface area (Å²) >= 11 is 0. The lowest BCUT2D eigenvalue weighted by molar-refractivity contribution is 0.0950. The van der Waals surface area contributed by atoms with E-state index in [2.05, 4.69) is 16.5 Å². The standard InChI is InChI=1S/C18H19N5O/c1-4-23-17-16(15(22-23)11(2)3)21-14(10-20-18(17)24)13-7-5-12(9-19)6-8-13/h5-8,11H,4,10H2,1-3H3,(H,20,24). The minimum Gasteiger partial charge on any atom is -0.345 e. The molecule has 0 unspecified atom stereocenters. The second-order valence-corrected chi connectivity index (χ2v) is 5.98. The lowest BCUT2D eigenvalue weighted by atomic mass is 10.1. The summed E-state index contributed by atoms with van der Waals surface area (Å²) < 4.78 is 1.71. The molecule has 0 atom stereocenters. The van der Waals surface area contributed by atoms with Gasteiger partial charge in [0.2, 0.25) is 0 Å². The highest BCUT2D eigenvalue weighted by atomic mass is 16.2. The fourth-order valence-corrected chi connectivity index (χ4v) is 2.75. The van der Waals surface area contributed by atoms with Crippen molar-refractivity contribution in [2.75, 3.05) is 6.54 Å². The van der Waals surface area contributed by atoms with E-state index in [9.17, 15) is 4.79 Å². The topological polar surface area (TPSA) is 83.1 Å². The molecule has 2 heterocycles. The summed E-state index contributed by atoms with van der Waals surface area (Å²) in [6.07, 6.45) is 0. The van der Waals surface area contributed by atoms with Crippen molar-refractivity contribution >= 4 is 17.3 Å². The number of fused-ring (bicyclic) bond motifs is 1. The number of hydrogen-bond acceptors (Lipinski definition) is 4. The number of aliphatic imine (C=N–C) groups is 1. The lowest BCUT2D eigenvalue weighted by Gasteiger charge is -2.07. The maximum Gasteiger partial charge on any atom is 0.272 e. The molecule has 0 fully saturated rings. The highest BCUT2D eigenvalue weighted by molar-refractivity contribution is 6.10. The van der Waals surface area contributed by atoms with Crippen LogP contribution in [0.5, 0.6) is 0 Å². The maximum absolute atomic E-state index is 12.5. The molecule has 6 heteroatoms. The first-order chi connectivity index (χ1) is 11.5. The van der Waals surface area contributed by atoms with Gasteiger partial charge in [-0.05, 0) is 30.5 Å². The van der Waals surface area contributed by atoms with E-state index in [1.54, 1.807) is 16.8 Å². The van der Waals surface area contributed by atoms with Gasteiger partial charge in [-0.15, -0.1) is 0 Å². The van der Waals surface area contributed by atoms with Crippen LogP contribution in [0.25, 0.3) is 0 Å². The molecule has 0 radical (unpaired) electrons. The molecule has 1 aromatic heterocycles. The van der Waals surface area contributed by atoms with Crippen molar-refractivity contribution in [1.29, 1.82) is 5.26 Å². The van der Waals surface area contributed by atoms with Crippen LogP contribution in [0.3, 0.4) is 0 Å². The number of aryl methyl sites for hydroxylation is 1. The van der Waals surface area contributed by atoms with Crippen LogP contribution in [0.15, 0.2) is 29.3 Å². The smallest absolute Gasteiger partial charge is 0.272 e. The Hall–Kier alpha value is -2.94. The Kier molecular flexibility index (Phi) is 4.17. The van der Waals surface area contributed by atoms with E-state index < -0.39 is 0 Å². The van der Waals surface area contributed by atoms with Gasteiger partial charge >= 0.3 is 0 Å². The van der Waals surface area contributed by atoms with Gasteiger partial charge in [0.1, 0.15) is 5.69 Å². The Morgan fingerprint density at radius 2 is 2.04 bits per heavy atom. The maximum atomic E-state index is 12.5. The van der Waals surface area contributed by atoms with Crippen molar-refractivity contribution in [2.45, 2.75) is 33.2 Å². The average molecular weight is 321 g/mol. The first-order valence-electron chi connectivity index (χ1n) is 8.02. The lowest BCUT2D eigenvalue weighted by Crippen LogP contribution is -2.29. The highest BCUT2D eigenvalue weighted by Gasteiger charge is 2.27. The van der Waals surface area contributed by atoms with Crippen molar-refractivity contribution in [2.24, 2.45) is 4.99 Å². The van der Waals surface area contributed by atoms with Crippen molar-refractivity contribution in [3.8, 4) is 6.07 Å². The first-order valence-corrected chi connectivity index (χ1v) is 8.02. The molecule has 2 aromatic rings. The second-order valence-electron chi connectivity index (χ2n) is 5.98. The van der Waals surface area contributed by atoms with Gasteiger partial charge in [0, 0.05) is 6.54 Å². The molecule has 24 heavy (non-hydrogen) atoms. The van der Waals surface area contributed by atoms with Crippen molar-refractivity contribution in [3.63, 3.8) is 0 Å². The predicted molar refractivity (Wildman–Crippen MR) is 91.7 cm³/mol. The fraction of sp³-hybridized carbons (Fsp3) is 0.333. The normalized spacial score (nSPS) is 13.8. The molecular formula is C18H19N5O. The molecule has 0 saturated heterocycles. The van der Waals surface area contributed by atoms with E-state index in [0.29, 0.717) is 30.0 Å². The Labute approximate surface area is 140 Å². The van der Waals surface area contributed by atoms with Crippen molar-refractivity contribution < 1.29 is 4.79 Å². The third-order valence-electron chi connectivity index (χ3n) is 4.03. The zero-order valence-corrected chi connectivity index (χ0v) is 14.0. The number of amides is 1. The van der Waals surface area contributed by atoms with E-state index in [1.165, 1.54) is 0 Å². The van der Waals surface area contributed by atoms with Gasteiger partial charge in [-0.2, -0.15) is 10.4 Å². The number of nitrogens with one attached hydrogen (secondary N) is 1. The minimum absolute atomic E-state index is 0.154. The van der Waals surface area contributed by atoms with Crippen LogP contribution < -0.4 is 5.32 Å². The summed E-state index contributed by atoms with van der Waals surface area (Å²) in [5.41, 5.74) is 4.26. The second kappa shape index (κ2) is 6.28. The first kappa shape index (κ1) is 15.9. The largest absolute Gasteiger partial charge is 0.345 e. The van der Waals surface area contributed by atoms with Crippen LogP contribution in [-0.2, 0) is 6.54 Å². The Bertz CT molecular complexity index is 853. The van der Waals surface area contributed by atoms with Gasteiger partial charge < -0.3 is 5.32 Å². The zero-order valence-electron chi connectivity index (χ0n) is 14.0. The molecule has 1 aliphatic heterocycles.